The second-order valence-electron chi connectivity index (χ2n) is 7.21. The zero-order valence-electron chi connectivity index (χ0n) is 13.1. The van der Waals surface area contributed by atoms with E-state index < -0.39 is 0 Å². The van der Waals surface area contributed by atoms with E-state index in [1.54, 1.807) is 0 Å². The van der Waals surface area contributed by atoms with Crippen LogP contribution < -0.4 is 0 Å². The Bertz CT molecular complexity index is 580. The van der Waals surface area contributed by atoms with Gasteiger partial charge >= 0.3 is 0 Å². The highest BCUT2D eigenvalue weighted by Gasteiger charge is 2.40. The molecule has 0 radical (unpaired) electrons. The Kier molecular flexibility index (Phi) is 3.73. The fourth-order valence-electron chi connectivity index (χ4n) is 4.71. The van der Waals surface area contributed by atoms with Crippen LogP contribution in [0.2, 0.25) is 0 Å². The second-order valence-corrected chi connectivity index (χ2v) is 7.21. The van der Waals surface area contributed by atoms with E-state index in [2.05, 4.69) is 16.0 Å². The van der Waals surface area contributed by atoms with E-state index in [0.717, 1.165) is 37.8 Å². The smallest absolute Gasteiger partial charge is 0.223 e. The van der Waals surface area contributed by atoms with Crippen molar-refractivity contribution in [3.05, 3.63) is 36.2 Å². The van der Waals surface area contributed by atoms with Gasteiger partial charge in [0.15, 0.2) is 0 Å². The molecule has 1 aromatic heterocycles. The molecule has 3 heteroatoms. The largest absolute Gasteiger partial charge is 0.338 e. The average molecular weight is 296 g/mol. The van der Waals surface area contributed by atoms with E-state index in [4.69, 9.17) is 0 Å². The first-order chi connectivity index (χ1) is 10.8. The van der Waals surface area contributed by atoms with Crippen molar-refractivity contribution >= 4 is 11.5 Å². The van der Waals surface area contributed by atoms with Crippen LogP contribution in [0.25, 0.3) is 5.57 Å². The summed E-state index contributed by atoms with van der Waals surface area (Å²) in [5.74, 6) is 2.81. The number of pyridine rings is 1. The van der Waals surface area contributed by atoms with Crippen molar-refractivity contribution < 1.29 is 4.79 Å². The van der Waals surface area contributed by atoms with Gasteiger partial charge in [-0.15, -0.1) is 0 Å². The zero-order chi connectivity index (χ0) is 14.9. The Morgan fingerprint density at radius 3 is 2.82 bits per heavy atom. The predicted molar refractivity (Wildman–Crippen MR) is 87.0 cm³/mol. The lowest BCUT2D eigenvalue weighted by Crippen LogP contribution is -2.37. The van der Waals surface area contributed by atoms with Crippen molar-refractivity contribution in [1.29, 1.82) is 0 Å². The van der Waals surface area contributed by atoms with Crippen molar-refractivity contribution in [1.82, 2.24) is 9.88 Å². The van der Waals surface area contributed by atoms with Crippen LogP contribution >= 0.6 is 0 Å². The second kappa shape index (κ2) is 5.86. The summed E-state index contributed by atoms with van der Waals surface area (Å²) < 4.78 is 0. The van der Waals surface area contributed by atoms with E-state index in [0.29, 0.717) is 11.8 Å². The van der Waals surface area contributed by atoms with Crippen LogP contribution in [0, 0.1) is 17.8 Å². The standard InChI is InChI=1S/C19H24N2O/c22-19(12-18-11-14-3-4-16(18)10-14)21-9-1-2-17(13-21)15-5-7-20-8-6-15/h2,5-8,14,16,18H,1,3-4,9-13H2. The first-order valence-corrected chi connectivity index (χ1v) is 8.67. The van der Waals surface area contributed by atoms with Crippen LogP contribution in [0.5, 0.6) is 0 Å². The summed E-state index contributed by atoms with van der Waals surface area (Å²) in [5.41, 5.74) is 2.47. The molecular formula is C19H24N2O. The number of hydrogen-bond donors (Lipinski definition) is 0. The van der Waals surface area contributed by atoms with Gasteiger partial charge in [0.05, 0.1) is 0 Å². The van der Waals surface area contributed by atoms with Gasteiger partial charge in [0.1, 0.15) is 0 Å². The quantitative estimate of drug-likeness (QED) is 0.855. The third kappa shape index (κ3) is 2.69. The van der Waals surface area contributed by atoms with Crippen molar-refractivity contribution in [3.8, 4) is 0 Å². The molecule has 1 aliphatic heterocycles. The van der Waals surface area contributed by atoms with E-state index in [1.807, 2.05) is 24.5 Å². The molecule has 0 saturated heterocycles. The van der Waals surface area contributed by atoms with Gasteiger partial charge in [-0.3, -0.25) is 9.78 Å². The van der Waals surface area contributed by atoms with E-state index in [-0.39, 0.29) is 0 Å². The molecule has 0 N–H and O–H groups in total. The minimum Gasteiger partial charge on any atom is -0.338 e. The third-order valence-corrected chi connectivity index (χ3v) is 5.88. The maximum absolute atomic E-state index is 12.7. The Labute approximate surface area is 132 Å². The summed E-state index contributed by atoms with van der Waals surface area (Å²) in [6.45, 7) is 1.65. The SMILES string of the molecule is O=C(CC1CC2CCC1C2)N1CCC=C(c2ccncc2)C1. The summed E-state index contributed by atoms with van der Waals surface area (Å²) in [6.07, 6.45) is 13.1. The molecule has 2 aliphatic carbocycles. The van der Waals surface area contributed by atoms with Crippen LogP contribution in [-0.4, -0.2) is 28.9 Å². The molecule has 2 heterocycles. The van der Waals surface area contributed by atoms with Gasteiger partial charge in [-0.05, 0) is 66.7 Å². The lowest BCUT2D eigenvalue weighted by molar-refractivity contribution is -0.132. The van der Waals surface area contributed by atoms with Gasteiger partial charge in [-0.25, -0.2) is 0 Å². The average Bonchev–Trinajstić information content (AvgIpc) is 3.19. The van der Waals surface area contributed by atoms with E-state index in [1.165, 1.54) is 36.8 Å². The van der Waals surface area contributed by atoms with Crippen molar-refractivity contribution in [3.63, 3.8) is 0 Å². The molecule has 3 aliphatic rings. The number of hydrogen-bond acceptors (Lipinski definition) is 2. The predicted octanol–water partition coefficient (Wildman–Crippen LogP) is 3.52. The summed E-state index contributed by atoms with van der Waals surface area (Å²) in [6, 6.07) is 4.07. The van der Waals surface area contributed by atoms with Gasteiger partial charge in [-0.1, -0.05) is 12.5 Å². The number of nitrogens with zero attached hydrogens (tertiary/aromatic N) is 2. The summed E-state index contributed by atoms with van der Waals surface area (Å²) in [5, 5.41) is 0. The van der Waals surface area contributed by atoms with Crippen LogP contribution in [0.4, 0.5) is 0 Å². The first kappa shape index (κ1) is 14.0. The minimum absolute atomic E-state index is 0.372. The number of carbonyl (C=O) groups is 1. The van der Waals surface area contributed by atoms with E-state index in [9.17, 15) is 4.79 Å². The molecule has 0 aromatic carbocycles. The van der Waals surface area contributed by atoms with Gasteiger partial charge in [0.2, 0.25) is 5.91 Å². The third-order valence-electron chi connectivity index (χ3n) is 5.88. The van der Waals surface area contributed by atoms with Gasteiger partial charge in [0, 0.05) is 31.9 Å². The van der Waals surface area contributed by atoms with Crippen molar-refractivity contribution in [2.45, 2.75) is 38.5 Å². The number of carbonyl (C=O) groups excluding carboxylic acids is 1. The summed E-state index contributed by atoms with van der Waals surface area (Å²) in [4.78, 5) is 18.8. The normalized spacial score (nSPS) is 30.5. The molecule has 3 nitrogen and oxygen atoms in total. The molecule has 2 fully saturated rings. The highest BCUT2D eigenvalue weighted by molar-refractivity contribution is 5.80. The number of aromatic nitrogens is 1. The molecule has 2 saturated carbocycles. The number of amides is 1. The van der Waals surface area contributed by atoms with Gasteiger partial charge in [0.25, 0.3) is 0 Å². The zero-order valence-corrected chi connectivity index (χ0v) is 13.1. The monoisotopic (exact) mass is 296 g/mol. The van der Waals surface area contributed by atoms with Gasteiger partial charge in [-0.2, -0.15) is 0 Å². The lowest BCUT2D eigenvalue weighted by Gasteiger charge is -2.30. The maximum atomic E-state index is 12.7. The summed E-state index contributed by atoms with van der Waals surface area (Å²) >= 11 is 0. The van der Waals surface area contributed by atoms with Crippen LogP contribution in [0.1, 0.15) is 44.1 Å². The lowest BCUT2D eigenvalue weighted by atomic mass is 9.86. The maximum Gasteiger partial charge on any atom is 0.223 e. The van der Waals surface area contributed by atoms with Crippen molar-refractivity contribution in [2.75, 3.05) is 13.1 Å². The molecule has 0 spiro atoms. The van der Waals surface area contributed by atoms with Crippen molar-refractivity contribution in [2.24, 2.45) is 17.8 Å². The van der Waals surface area contributed by atoms with Crippen LogP contribution in [0.3, 0.4) is 0 Å². The molecular weight excluding hydrogens is 272 g/mol. The molecule has 2 bridgehead atoms. The van der Waals surface area contributed by atoms with Gasteiger partial charge < -0.3 is 4.90 Å². The van der Waals surface area contributed by atoms with E-state index >= 15 is 0 Å². The summed E-state index contributed by atoms with van der Waals surface area (Å²) in [7, 11) is 0. The fourth-order valence-corrected chi connectivity index (χ4v) is 4.71. The minimum atomic E-state index is 0.372. The highest BCUT2D eigenvalue weighted by atomic mass is 16.2. The molecule has 4 rings (SSSR count). The topological polar surface area (TPSA) is 33.2 Å². The Hall–Kier alpha value is -1.64. The molecule has 22 heavy (non-hydrogen) atoms. The fraction of sp³-hybridized carbons (Fsp3) is 0.579. The Morgan fingerprint density at radius 2 is 2.09 bits per heavy atom. The van der Waals surface area contributed by atoms with Crippen LogP contribution in [-0.2, 0) is 4.79 Å². The number of rotatable bonds is 3. The Morgan fingerprint density at radius 1 is 1.23 bits per heavy atom. The molecule has 1 aromatic rings. The van der Waals surface area contributed by atoms with Crippen LogP contribution in [0.15, 0.2) is 30.6 Å². The number of fused-ring (bicyclic) bond motifs is 2. The first-order valence-electron chi connectivity index (χ1n) is 8.67. The highest BCUT2D eigenvalue weighted by Crippen LogP contribution is 2.49. The molecule has 116 valence electrons. The molecule has 1 amide bonds. The Balaban J connectivity index is 1.39. The molecule has 3 atom stereocenters. The molecule has 3 unspecified atom stereocenters.